The van der Waals surface area contributed by atoms with Crippen molar-refractivity contribution in [2.75, 3.05) is 19.6 Å². The molecular weight excluding hydrogens is 304 g/mol. The lowest BCUT2D eigenvalue weighted by Gasteiger charge is -2.34. The number of carbonyl (C=O) groups is 2. The number of halogens is 1. The van der Waals surface area contributed by atoms with Crippen LogP contribution in [0.25, 0.3) is 0 Å². The number of piperidine rings is 1. The van der Waals surface area contributed by atoms with E-state index >= 15 is 0 Å². The highest BCUT2D eigenvalue weighted by atomic mass is 35.5. The number of rotatable bonds is 4. The number of carbonyl (C=O) groups excluding carboxylic acids is 2. The number of amides is 2. The Labute approximate surface area is 135 Å². The lowest BCUT2D eigenvalue weighted by Crippen LogP contribution is -2.44. The molecule has 0 aliphatic carbocycles. The molecule has 2 N–H and O–H groups in total. The zero-order chi connectivity index (χ0) is 16.1. The summed E-state index contributed by atoms with van der Waals surface area (Å²) in [6, 6.07) is 7.21. The van der Waals surface area contributed by atoms with Crippen LogP contribution in [0.3, 0.4) is 0 Å². The first-order chi connectivity index (χ1) is 10.5. The highest BCUT2D eigenvalue weighted by Crippen LogP contribution is 2.31. The van der Waals surface area contributed by atoms with Crippen molar-refractivity contribution in [3.05, 3.63) is 34.9 Å². The summed E-state index contributed by atoms with van der Waals surface area (Å²) in [6.45, 7) is 2.64. The summed E-state index contributed by atoms with van der Waals surface area (Å²) in [4.78, 5) is 24.5. The number of hydrogen-bond acceptors (Lipinski definition) is 3. The van der Waals surface area contributed by atoms with Crippen LogP contribution in [0.5, 0.6) is 0 Å². The minimum Gasteiger partial charge on any atom is -0.388 e. The molecule has 1 aliphatic rings. The number of hydrogen-bond donors (Lipinski definition) is 2. The maximum Gasteiger partial charge on any atom is 0.241 e. The van der Waals surface area contributed by atoms with E-state index < -0.39 is 6.10 Å². The van der Waals surface area contributed by atoms with Gasteiger partial charge in [-0.15, -0.1) is 0 Å². The molecule has 1 fully saturated rings. The number of nitrogens with zero attached hydrogens (tertiary/aromatic N) is 1. The molecule has 0 bridgehead atoms. The summed E-state index contributed by atoms with van der Waals surface area (Å²) in [6.07, 6.45) is 0.954. The van der Waals surface area contributed by atoms with Crippen molar-refractivity contribution in [3.63, 3.8) is 0 Å². The fourth-order valence-electron chi connectivity index (χ4n) is 2.71. The molecule has 1 aromatic carbocycles. The van der Waals surface area contributed by atoms with Crippen molar-refractivity contribution in [3.8, 4) is 0 Å². The van der Waals surface area contributed by atoms with Crippen LogP contribution in [-0.2, 0) is 9.59 Å². The van der Waals surface area contributed by atoms with Crippen LogP contribution in [0.4, 0.5) is 0 Å². The van der Waals surface area contributed by atoms with Crippen molar-refractivity contribution >= 4 is 23.4 Å². The molecule has 1 unspecified atom stereocenters. The van der Waals surface area contributed by atoms with Gasteiger partial charge in [0.15, 0.2) is 0 Å². The molecule has 1 aliphatic heterocycles. The molecule has 1 aromatic rings. The molecule has 6 heteroatoms. The van der Waals surface area contributed by atoms with Gasteiger partial charge in [0.25, 0.3) is 0 Å². The van der Waals surface area contributed by atoms with Crippen LogP contribution in [0, 0.1) is 5.92 Å². The first-order valence-electron chi connectivity index (χ1n) is 7.43. The minimum atomic E-state index is -0.537. The molecule has 0 spiro atoms. The second kappa shape index (κ2) is 7.61. The fourth-order valence-corrected chi connectivity index (χ4v) is 2.83. The quantitative estimate of drug-likeness (QED) is 0.886. The third-order valence-electron chi connectivity index (χ3n) is 4.04. The number of nitrogens with one attached hydrogen (secondary N) is 1. The van der Waals surface area contributed by atoms with E-state index in [1.807, 2.05) is 12.1 Å². The zero-order valence-corrected chi connectivity index (χ0v) is 13.3. The highest BCUT2D eigenvalue weighted by Gasteiger charge is 2.28. The monoisotopic (exact) mass is 324 g/mol. The number of aliphatic hydroxyl groups excluding tert-OH is 1. The van der Waals surface area contributed by atoms with Gasteiger partial charge >= 0.3 is 0 Å². The Morgan fingerprint density at radius 2 is 1.91 bits per heavy atom. The van der Waals surface area contributed by atoms with Gasteiger partial charge in [-0.3, -0.25) is 9.59 Å². The lowest BCUT2D eigenvalue weighted by molar-refractivity contribution is -0.134. The van der Waals surface area contributed by atoms with Crippen LogP contribution in [0.15, 0.2) is 24.3 Å². The number of aliphatic hydroxyl groups is 1. The maximum atomic E-state index is 11.9. The average molecular weight is 325 g/mol. The summed E-state index contributed by atoms with van der Waals surface area (Å²) < 4.78 is 0. The predicted molar refractivity (Wildman–Crippen MR) is 84.4 cm³/mol. The second-order valence-electron chi connectivity index (χ2n) is 5.62. The molecule has 1 saturated heterocycles. The molecule has 1 atom stereocenters. The SMILES string of the molecule is CC(=O)NCC(=O)N1CCC(C(O)c2ccc(Cl)cc2)CC1. The normalized spacial score (nSPS) is 17.1. The Kier molecular flexibility index (Phi) is 5.80. The zero-order valence-electron chi connectivity index (χ0n) is 12.6. The van der Waals surface area contributed by atoms with Gasteiger partial charge in [0.2, 0.25) is 11.8 Å². The standard InChI is InChI=1S/C16H21ClN2O3/c1-11(20)18-10-15(21)19-8-6-13(7-9-19)16(22)12-2-4-14(17)5-3-12/h2-5,13,16,22H,6-10H2,1H3,(H,18,20). The molecule has 0 aromatic heterocycles. The molecule has 0 saturated carbocycles. The van der Waals surface area contributed by atoms with Crippen molar-refractivity contribution in [1.82, 2.24) is 10.2 Å². The first-order valence-corrected chi connectivity index (χ1v) is 7.81. The number of likely N-dealkylation sites (tertiary alicyclic amines) is 1. The Bertz CT molecular complexity index is 525. The van der Waals surface area contributed by atoms with Crippen molar-refractivity contribution in [1.29, 1.82) is 0 Å². The molecule has 22 heavy (non-hydrogen) atoms. The van der Waals surface area contributed by atoms with E-state index in [0.29, 0.717) is 18.1 Å². The van der Waals surface area contributed by atoms with Gasteiger partial charge in [0.1, 0.15) is 0 Å². The molecule has 1 heterocycles. The second-order valence-corrected chi connectivity index (χ2v) is 6.06. The molecule has 120 valence electrons. The summed E-state index contributed by atoms with van der Waals surface area (Å²) in [5, 5.41) is 13.6. The Morgan fingerprint density at radius 3 is 2.45 bits per heavy atom. The molecular formula is C16H21ClN2O3. The van der Waals surface area contributed by atoms with Crippen LogP contribution in [-0.4, -0.2) is 41.5 Å². The van der Waals surface area contributed by atoms with Crippen LogP contribution in [0.1, 0.15) is 31.4 Å². The Hall–Kier alpha value is -1.59. The van der Waals surface area contributed by atoms with E-state index in [0.717, 1.165) is 18.4 Å². The van der Waals surface area contributed by atoms with Gasteiger partial charge in [-0.1, -0.05) is 23.7 Å². The van der Waals surface area contributed by atoms with Gasteiger partial charge in [-0.05, 0) is 36.5 Å². The van der Waals surface area contributed by atoms with Crippen LogP contribution >= 0.6 is 11.6 Å². The fraction of sp³-hybridized carbons (Fsp3) is 0.500. The molecule has 2 rings (SSSR count). The Morgan fingerprint density at radius 1 is 1.32 bits per heavy atom. The van der Waals surface area contributed by atoms with Gasteiger partial charge < -0.3 is 15.3 Å². The topological polar surface area (TPSA) is 69.6 Å². The average Bonchev–Trinajstić information content (AvgIpc) is 2.53. The van der Waals surface area contributed by atoms with E-state index in [2.05, 4.69) is 5.32 Å². The third kappa shape index (κ3) is 4.45. The lowest BCUT2D eigenvalue weighted by atomic mass is 9.87. The summed E-state index contributed by atoms with van der Waals surface area (Å²) in [5.74, 6) is -0.151. The minimum absolute atomic E-state index is 0.0414. The van der Waals surface area contributed by atoms with Gasteiger partial charge in [0, 0.05) is 25.0 Å². The molecule has 0 radical (unpaired) electrons. The molecule has 5 nitrogen and oxygen atoms in total. The van der Waals surface area contributed by atoms with Crippen LogP contribution < -0.4 is 5.32 Å². The van der Waals surface area contributed by atoms with Crippen molar-refractivity contribution in [2.24, 2.45) is 5.92 Å². The third-order valence-corrected chi connectivity index (χ3v) is 4.29. The van der Waals surface area contributed by atoms with Crippen molar-refractivity contribution in [2.45, 2.75) is 25.9 Å². The summed E-state index contributed by atoms with van der Waals surface area (Å²) >= 11 is 5.85. The van der Waals surface area contributed by atoms with Crippen molar-refractivity contribution < 1.29 is 14.7 Å². The first kappa shape index (κ1) is 16.8. The van der Waals surface area contributed by atoms with Gasteiger partial charge in [-0.25, -0.2) is 0 Å². The summed E-state index contributed by atoms with van der Waals surface area (Å²) in [7, 11) is 0. The largest absolute Gasteiger partial charge is 0.388 e. The van der Waals surface area contributed by atoms with E-state index in [-0.39, 0.29) is 24.3 Å². The maximum absolute atomic E-state index is 11.9. The van der Waals surface area contributed by atoms with E-state index in [9.17, 15) is 14.7 Å². The summed E-state index contributed by atoms with van der Waals surface area (Å²) in [5.41, 5.74) is 0.854. The smallest absolute Gasteiger partial charge is 0.241 e. The van der Waals surface area contributed by atoms with Gasteiger partial charge in [0.05, 0.1) is 12.6 Å². The van der Waals surface area contributed by atoms with E-state index in [4.69, 9.17) is 11.6 Å². The molecule has 2 amide bonds. The highest BCUT2D eigenvalue weighted by molar-refractivity contribution is 6.30. The van der Waals surface area contributed by atoms with E-state index in [1.165, 1.54) is 6.92 Å². The van der Waals surface area contributed by atoms with Gasteiger partial charge in [-0.2, -0.15) is 0 Å². The number of benzene rings is 1. The Balaban J connectivity index is 1.85. The van der Waals surface area contributed by atoms with E-state index in [1.54, 1.807) is 17.0 Å². The predicted octanol–water partition coefficient (Wildman–Crippen LogP) is 1.75. The van der Waals surface area contributed by atoms with Crippen LogP contribution in [0.2, 0.25) is 5.02 Å².